The number of aromatic hydroxyl groups is 1. The van der Waals surface area contributed by atoms with Gasteiger partial charge in [0.15, 0.2) is 0 Å². The smallest absolute Gasteiger partial charge is 0.309 e. The number of carboxylic acid groups (broad SMARTS) is 1. The lowest BCUT2D eigenvalue weighted by Crippen LogP contribution is -2.09. The van der Waals surface area contributed by atoms with Crippen molar-refractivity contribution in [1.82, 2.24) is 9.55 Å². The minimum absolute atomic E-state index is 0.108. The van der Waals surface area contributed by atoms with Crippen LogP contribution in [0.15, 0.2) is 60.9 Å². The number of aromatic nitrogens is 2. The van der Waals surface area contributed by atoms with Gasteiger partial charge >= 0.3 is 5.97 Å². The SMILES string of the molecule is O=C(O)Cc1c(-c2ccccc2)ncn1Cc1cccc(O)c1. The molecule has 23 heavy (non-hydrogen) atoms. The summed E-state index contributed by atoms with van der Waals surface area (Å²) >= 11 is 0. The normalized spacial score (nSPS) is 10.6. The van der Waals surface area contributed by atoms with E-state index >= 15 is 0 Å². The fourth-order valence-electron chi connectivity index (χ4n) is 2.56. The van der Waals surface area contributed by atoms with Crippen molar-refractivity contribution in [2.75, 3.05) is 0 Å². The van der Waals surface area contributed by atoms with Crippen LogP contribution in [0.2, 0.25) is 0 Å². The monoisotopic (exact) mass is 308 g/mol. The Bertz CT molecular complexity index is 825. The zero-order valence-electron chi connectivity index (χ0n) is 12.4. The largest absolute Gasteiger partial charge is 0.508 e. The number of carboxylic acids is 1. The third-order valence-electron chi connectivity index (χ3n) is 3.58. The van der Waals surface area contributed by atoms with Crippen molar-refractivity contribution >= 4 is 5.97 Å². The van der Waals surface area contributed by atoms with E-state index in [2.05, 4.69) is 4.98 Å². The Morgan fingerprint density at radius 1 is 1.09 bits per heavy atom. The lowest BCUT2D eigenvalue weighted by atomic mass is 10.1. The minimum Gasteiger partial charge on any atom is -0.508 e. The first-order chi connectivity index (χ1) is 11.1. The van der Waals surface area contributed by atoms with Crippen LogP contribution < -0.4 is 0 Å². The molecule has 0 radical (unpaired) electrons. The van der Waals surface area contributed by atoms with Crippen LogP contribution in [0.3, 0.4) is 0 Å². The maximum absolute atomic E-state index is 11.2. The van der Waals surface area contributed by atoms with E-state index < -0.39 is 5.97 Å². The summed E-state index contributed by atoms with van der Waals surface area (Å²) < 4.78 is 1.81. The average molecular weight is 308 g/mol. The Hall–Kier alpha value is -3.08. The van der Waals surface area contributed by atoms with Gasteiger partial charge in [0.1, 0.15) is 5.75 Å². The summed E-state index contributed by atoms with van der Waals surface area (Å²) in [5.74, 6) is -0.717. The van der Waals surface area contributed by atoms with Crippen LogP contribution in [-0.2, 0) is 17.8 Å². The van der Waals surface area contributed by atoms with Gasteiger partial charge in [-0.05, 0) is 17.7 Å². The molecule has 0 aliphatic heterocycles. The molecule has 3 rings (SSSR count). The van der Waals surface area contributed by atoms with E-state index in [1.807, 2.05) is 41.0 Å². The van der Waals surface area contributed by atoms with Crippen molar-refractivity contribution in [1.29, 1.82) is 0 Å². The van der Waals surface area contributed by atoms with Crippen molar-refractivity contribution < 1.29 is 15.0 Å². The Labute approximate surface area is 133 Å². The lowest BCUT2D eigenvalue weighted by Gasteiger charge is -2.09. The topological polar surface area (TPSA) is 75.3 Å². The highest BCUT2D eigenvalue weighted by molar-refractivity contribution is 5.74. The van der Waals surface area contributed by atoms with Crippen LogP contribution in [0.25, 0.3) is 11.3 Å². The summed E-state index contributed by atoms with van der Waals surface area (Å²) in [7, 11) is 0. The zero-order valence-corrected chi connectivity index (χ0v) is 12.4. The number of phenolic OH excluding ortho intramolecular Hbond substituents is 1. The second-order valence-corrected chi connectivity index (χ2v) is 5.27. The molecule has 0 amide bonds. The Kier molecular flexibility index (Phi) is 4.10. The van der Waals surface area contributed by atoms with Gasteiger partial charge in [-0.1, -0.05) is 42.5 Å². The van der Waals surface area contributed by atoms with Crippen LogP contribution in [0, 0.1) is 0 Å². The first-order valence-electron chi connectivity index (χ1n) is 7.22. The number of carbonyl (C=O) groups is 1. The molecule has 0 spiro atoms. The third-order valence-corrected chi connectivity index (χ3v) is 3.58. The molecule has 0 fully saturated rings. The number of aliphatic carboxylic acids is 1. The number of benzene rings is 2. The molecular formula is C18H16N2O3. The van der Waals surface area contributed by atoms with Gasteiger partial charge in [-0.15, -0.1) is 0 Å². The predicted molar refractivity (Wildman–Crippen MR) is 86.2 cm³/mol. The highest BCUT2D eigenvalue weighted by Crippen LogP contribution is 2.24. The van der Waals surface area contributed by atoms with Crippen molar-refractivity contribution in [3.05, 3.63) is 72.2 Å². The van der Waals surface area contributed by atoms with E-state index in [9.17, 15) is 15.0 Å². The van der Waals surface area contributed by atoms with E-state index in [-0.39, 0.29) is 12.2 Å². The van der Waals surface area contributed by atoms with Gasteiger partial charge in [0.25, 0.3) is 0 Å². The second-order valence-electron chi connectivity index (χ2n) is 5.27. The Morgan fingerprint density at radius 3 is 2.57 bits per heavy atom. The number of imidazole rings is 1. The zero-order chi connectivity index (χ0) is 16.2. The third kappa shape index (κ3) is 3.40. The maximum Gasteiger partial charge on any atom is 0.309 e. The molecule has 2 N–H and O–H groups in total. The summed E-state index contributed by atoms with van der Waals surface area (Å²) in [6.45, 7) is 0.455. The summed E-state index contributed by atoms with van der Waals surface area (Å²) in [4.78, 5) is 15.6. The molecule has 5 heteroatoms. The molecule has 0 saturated heterocycles. The number of hydrogen-bond donors (Lipinski definition) is 2. The highest BCUT2D eigenvalue weighted by Gasteiger charge is 2.16. The Morgan fingerprint density at radius 2 is 1.87 bits per heavy atom. The molecule has 5 nitrogen and oxygen atoms in total. The van der Waals surface area contributed by atoms with Crippen LogP contribution in [-0.4, -0.2) is 25.7 Å². The molecular weight excluding hydrogens is 292 g/mol. The van der Waals surface area contributed by atoms with E-state index in [1.165, 1.54) is 0 Å². The number of nitrogens with zero attached hydrogens (tertiary/aromatic N) is 2. The molecule has 0 unspecified atom stereocenters. The molecule has 2 aromatic carbocycles. The second kappa shape index (κ2) is 6.36. The number of phenols is 1. The fraction of sp³-hybridized carbons (Fsp3) is 0.111. The van der Waals surface area contributed by atoms with Crippen molar-refractivity contribution in [3.8, 4) is 17.0 Å². The van der Waals surface area contributed by atoms with E-state index in [1.54, 1.807) is 24.5 Å². The van der Waals surface area contributed by atoms with Crippen LogP contribution in [0.1, 0.15) is 11.3 Å². The Balaban J connectivity index is 2.00. The fourth-order valence-corrected chi connectivity index (χ4v) is 2.56. The number of hydrogen-bond acceptors (Lipinski definition) is 3. The van der Waals surface area contributed by atoms with Gasteiger partial charge in [0.05, 0.1) is 24.1 Å². The van der Waals surface area contributed by atoms with Gasteiger partial charge in [0.2, 0.25) is 0 Å². The highest BCUT2D eigenvalue weighted by atomic mass is 16.4. The van der Waals surface area contributed by atoms with E-state index in [4.69, 9.17) is 0 Å². The molecule has 0 atom stereocenters. The van der Waals surface area contributed by atoms with Crippen LogP contribution in [0.5, 0.6) is 5.75 Å². The van der Waals surface area contributed by atoms with Gasteiger partial charge in [0, 0.05) is 12.1 Å². The predicted octanol–water partition coefficient (Wildman–Crippen LogP) is 2.93. The summed E-state index contributed by atoms with van der Waals surface area (Å²) in [6, 6.07) is 16.4. The van der Waals surface area contributed by atoms with Gasteiger partial charge in [-0.2, -0.15) is 0 Å². The molecule has 116 valence electrons. The quantitative estimate of drug-likeness (QED) is 0.760. The molecule has 0 saturated carbocycles. The number of rotatable bonds is 5. The molecule has 0 aliphatic rings. The summed E-state index contributed by atoms with van der Waals surface area (Å²) in [5.41, 5.74) is 3.09. The molecule has 0 aliphatic carbocycles. The summed E-state index contributed by atoms with van der Waals surface area (Å²) in [6.07, 6.45) is 1.54. The molecule has 1 aromatic heterocycles. The summed E-state index contributed by atoms with van der Waals surface area (Å²) in [5, 5.41) is 18.8. The average Bonchev–Trinajstić information content (AvgIpc) is 2.90. The first-order valence-corrected chi connectivity index (χ1v) is 7.22. The maximum atomic E-state index is 11.2. The van der Waals surface area contributed by atoms with Gasteiger partial charge in [-0.25, -0.2) is 4.98 Å². The van der Waals surface area contributed by atoms with Gasteiger partial charge < -0.3 is 14.8 Å². The van der Waals surface area contributed by atoms with E-state index in [0.29, 0.717) is 17.9 Å². The van der Waals surface area contributed by atoms with Crippen LogP contribution in [0.4, 0.5) is 0 Å². The van der Waals surface area contributed by atoms with Crippen LogP contribution >= 0.6 is 0 Å². The minimum atomic E-state index is -0.903. The molecule has 0 bridgehead atoms. The first kappa shape index (κ1) is 14.8. The van der Waals surface area contributed by atoms with Gasteiger partial charge in [-0.3, -0.25) is 4.79 Å². The molecule has 1 heterocycles. The van der Waals surface area contributed by atoms with Crippen molar-refractivity contribution in [2.24, 2.45) is 0 Å². The molecule has 3 aromatic rings. The van der Waals surface area contributed by atoms with Crippen molar-refractivity contribution in [3.63, 3.8) is 0 Å². The van der Waals surface area contributed by atoms with E-state index in [0.717, 1.165) is 11.1 Å². The lowest BCUT2D eigenvalue weighted by molar-refractivity contribution is -0.136. The standard InChI is InChI=1S/C18H16N2O3/c21-15-8-4-5-13(9-15)11-20-12-19-18(16(20)10-17(22)23)14-6-2-1-3-7-14/h1-9,12,21H,10-11H2,(H,22,23). The van der Waals surface area contributed by atoms with Crippen molar-refractivity contribution in [2.45, 2.75) is 13.0 Å².